The molecule has 0 fully saturated rings. The highest BCUT2D eigenvalue weighted by molar-refractivity contribution is 7.92. The number of rotatable bonds is 6. The van der Waals surface area contributed by atoms with Crippen LogP contribution in [0.15, 0.2) is 77.7 Å². The number of ether oxygens (including phenoxy) is 2. The molecule has 0 unspecified atom stereocenters. The Hall–Kier alpha value is -3.52. The fourth-order valence-electron chi connectivity index (χ4n) is 4.21. The van der Waals surface area contributed by atoms with Crippen molar-refractivity contribution in [3.05, 3.63) is 83.9 Å². The van der Waals surface area contributed by atoms with Gasteiger partial charge < -0.3 is 14.8 Å². The van der Waals surface area contributed by atoms with Crippen LogP contribution < -0.4 is 19.1 Å². The molecule has 2 atom stereocenters. The molecule has 0 saturated heterocycles. The van der Waals surface area contributed by atoms with Crippen LogP contribution in [0.1, 0.15) is 44.9 Å². The number of sulfonamides is 1. The van der Waals surface area contributed by atoms with E-state index in [0.29, 0.717) is 17.2 Å². The van der Waals surface area contributed by atoms with Gasteiger partial charge in [-0.1, -0.05) is 63.2 Å². The summed E-state index contributed by atoms with van der Waals surface area (Å²) in [5, 5.41) is 2.95. The van der Waals surface area contributed by atoms with Gasteiger partial charge in [0, 0.05) is 5.56 Å². The van der Waals surface area contributed by atoms with E-state index in [1.165, 1.54) is 4.31 Å². The van der Waals surface area contributed by atoms with Gasteiger partial charge in [-0.3, -0.25) is 9.10 Å². The molecule has 0 bridgehead atoms. The number of methoxy groups -OCH3 is 1. The van der Waals surface area contributed by atoms with Gasteiger partial charge in [0.1, 0.15) is 11.5 Å². The summed E-state index contributed by atoms with van der Waals surface area (Å²) in [5.41, 5.74) is 2.00. The summed E-state index contributed by atoms with van der Waals surface area (Å²) in [6.45, 7) is 7.88. The zero-order chi connectivity index (χ0) is 26.1. The standard InChI is InChI=1S/C28H32N2O5S/c1-19(22-13-9-10-14-24(22)34-5)29-27(31)26-18-30(36(32,33)21-11-7-6-8-12-21)23-17-20(28(2,3)4)15-16-25(23)35-26/h6-17,19,26H,18H2,1-5H3,(H,29,31)/t19-,26-/m1/s1. The number of amides is 1. The molecule has 36 heavy (non-hydrogen) atoms. The van der Waals surface area contributed by atoms with Gasteiger partial charge in [0.25, 0.3) is 15.9 Å². The van der Waals surface area contributed by atoms with Crippen LogP contribution in [0.25, 0.3) is 0 Å². The Morgan fingerprint density at radius 1 is 1.06 bits per heavy atom. The Kier molecular flexibility index (Phi) is 7.00. The third kappa shape index (κ3) is 5.04. The van der Waals surface area contributed by atoms with E-state index >= 15 is 0 Å². The fourth-order valence-corrected chi connectivity index (χ4v) is 5.70. The zero-order valence-electron chi connectivity index (χ0n) is 21.2. The van der Waals surface area contributed by atoms with Crippen LogP contribution in [0.3, 0.4) is 0 Å². The predicted molar refractivity (Wildman–Crippen MR) is 140 cm³/mol. The number of hydrogen-bond acceptors (Lipinski definition) is 5. The van der Waals surface area contributed by atoms with Crippen LogP contribution in [0.2, 0.25) is 0 Å². The summed E-state index contributed by atoms with van der Waals surface area (Å²) in [4.78, 5) is 13.5. The molecular weight excluding hydrogens is 476 g/mol. The van der Waals surface area contributed by atoms with Crippen molar-refractivity contribution in [1.82, 2.24) is 5.32 Å². The van der Waals surface area contributed by atoms with E-state index < -0.39 is 22.0 Å². The number of anilines is 1. The molecule has 4 rings (SSSR count). The number of carbonyl (C=O) groups is 1. The number of nitrogens with zero attached hydrogens (tertiary/aromatic N) is 1. The summed E-state index contributed by atoms with van der Waals surface area (Å²) in [6, 6.07) is 20.8. The third-order valence-corrected chi connectivity index (χ3v) is 8.08. The molecule has 3 aromatic carbocycles. The van der Waals surface area contributed by atoms with Crippen molar-refractivity contribution in [2.24, 2.45) is 0 Å². The summed E-state index contributed by atoms with van der Waals surface area (Å²) in [6.07, 6.45) is -1.03. The van der Waals surface area contributed by atoms with Crippen LogP contribution in [0, 0.1) is 0 Å². The van der Waals surface area contributed by atoms with Crippen LogP contribution in [0.5, 0.6) is 11.5 Å². The first-order valence-electron chi connectivity index (χ1n) is 11.8. The van der Waals surface area contributed by atoms with Crippen molar-refractivity contribution >= 4 is 21.6 Å². The Balaban J connectivity index is 1.69. The molecular formula is C28H32N2O5S. The molecule has 8 heteroatoms. The molecule has 190 valence electrons. The van der Waals surface area contributed by atoms with E-state index in [2.05, 4.69) is 26.1 Å². The van der Waals surface area contributed by atoms with Gasteiger partial charge in [0.2, 0.25) is 0 Å². The van der Waals surface area contributed by atoms with Crippen molar-refractivity contribution in [2.45, 2.75) is 50.2 Å². The summed E-state index contributed by atoms with van der Waals surface area (Å²) >= 11 is 0. The maximum atomic E-state index is 13.7. The number of nitrogens with one attached hydrogen (secondary N) is 1. The minimum atomic E-state index is -3.94. The molecule has 1 N–H and O–H groups in total. The van der Waals surface area contributed by atoms with Crippen molar-refractivity contribution in [3.8, 4) is 11.5 Å². The SMILES string of the molecule is COc1ccccc1[C@@H](C)NC(=O)[C@H]1CN(S(=O)(=O)c2ccccc2)c2cc(C(C)(C)C)ccc2O1. The highest BCUT2D eigenvalue weighted by atomic mass is 32.2. The number of fused-ring (bicyclic) bond motifs is 1. The Labute approximate surface area is 213 Å². The molecule has 1 amide bonds. The molecule has 3 aromatic rings. The largest absolute Gasteiger partial charge is 0.496 e. The highest BCUT2D eigenvalue weighted by Gasteiger charge is 2.38. The number of para-hydroxylation sites is 1. The van der Waals surface area contributed by atoms with E-state index in [4.69, 9.17) is 9.47 Å². The predicted octanol–water partition coefficient (Wildman–Crippen LogP) is 4.83. The first-order chi connectivity index (χ1) is 17.0. The molecule has 1 aliphatic heterocycles. The lowest BCUT2D eigenvalue weighted by molar-refractivity contribution is -0.128. The van der Waals surface area contributed by atoms with Crippen molar-refractivity contribution in [1.29, 1.82) is 0 Å². The van der Waals surface area contributed by atoms with E-state index in [0.717, 1.165) is 11.1 Å². The van der Waals surface area contributed by atoms with Gasteiger partial charge in [-0.25, -0.2) is 8.42 Å². The third-order valence-electron chi connectivity index (χ3n) is 6.28. The van der Waals surface area contributed by atoms with Gasteiger partial charge in [-0.15, -0.1) is 0 Å². The van der Waals surface area contributed by atoms with Crippen molar-refractivity contribution in [3.63, 3.8) is 0 Å². The van der Waals surface area contributed by atoms with E-state index in [1.54, 1.807) is 43.5 Å². The molecule has 0 aliphatic carbocycles. The maximum Gasteiger partial charge on any atom is 0.264 e. The lowest BCUT2D eigenvalue weighted by Crippen LogP contribution is -2.51. The minimum Gasteiger partial charge on any atom is -0.496 e. The first-order valence-corrected chi connectivity index (χ1v) is 13.3. The average molecular weight is 509 g/mol. The number of carbonyl (C=O) groups excluding carboxylic acids is 1. The molecule has 0 aromatic heterocycles. The summed E-state index contributed by atoms with van der Waals surface area (Å²) in [5.74, 6) is 0.592. The second kappa shape index (κ2) is 9.85. The van der Waals surface area contributed by atoms with E-state index in [9.17, 15) is 13.2 Å². The quantitative estimate of drug-likeness (QED) is 0.516. The van der Waals surface area contributed by atoms with Gasteiger partial charge in [-0.2, -0.15) is 0 Å². The van der Waals surface area contributed by atoms with Crippen LogP contribution in [0.4, 0.5) is 5.69 Å². The number of benzene rings is 3. The lowest BCUT2D eigenvalue weighted by Gasteiger charge is -2.36. The molecule has 7 nitrogen and oxygen atoms in total. The zero-order valence-corrected chi connectivity index (χ0v) is 22.0. The smallest absolute Gasteiger partial charge is 0.264 e. The monoisotopic (exact) mass is 508 g/mol. The normalized spacial score (nSPS) is 16.5. The molecule has 0 saturated carbocycles. The Bertz CT molecular complexity index is 1350. The van der Waals surface area contributed by atoms with E-state index in [1.807, 2.05) is 43.3 Å². The average Bonchev–Trinajstić information content (AvgIpc) is 2.87. The van der Waals surface area contributed by atoms with E-state index in [-0.39, 0.29) is 22.9 Å². The molecule has 0 spiro atoms. The van der Waals surface area contributed by atoms with Gasteiger partial charge in [0.15, 0.2) is 6.10 Å². The van der Waals surface area contributed by atoms with Gasteiger partial charge >= 0.3 is 0 Å². The topological polar surface area (TPSA) is 84.9 Å². The second-order valence-electron chi connectivity index (χ2n) is 9.86. The summed E-state index contributed by atoms with van der Waals surface area (Å²) in [7, 11) is -2.37. The second-order valence-corrected chi connectivity index (χ2v) is 11.7. The Morgan fingerprint density at radius 2 is 1.72 bits per heavy atom. The fraction of sp³-hybridized carbons (Fsp3) is 0.321. The highest BCUT2D eigenvalue weighted by Crippen LogP contribution is 2.40. The summed E-state index contributed by atoms with van der Waals surface area (Å²) < 4.78 is 40.2. The van der Waals surface area contributed by atoms with Crippen molar-refractivity contribution in [2.75, 3.05) is 18.0 Å². The van der Waals surface area contributed by atoms with Gasteiger partial charge in [-0.05, 0) is 48.2 Å². The first kappa shape index (κ1) is 25.6. The van der Waals surface area contributed by atoms with Crippen molar-refractivity contribution < 1.29 is 22.7 Å². The van der Waals surface area contributed by atoms with Gasteiger partial charge in [0.05, 0.1) is 30.3 Å². The van der Waals surface area contributed by atoms with Crippen LogP contribution >= 0.6 is 0 Å². The maximum absolute atomic E-state index is 13.7. The Morgan fingerprint density at radius 3 is 2.39 bits per heavy atom. The lowest BCUT2D eigenvalue weighted by atomic mass is 9.86. The molecule has 1 aliphatic rings. The minimum absolute atomic E-state index is 0.150. The van der Waals surface area contributed by atoms with Crippen LogP contribution in [-0.2, 0) is 20.2 Å². The van der Waals surface area contributed by atoms with Crippen LogP contribution in [-0.4, -0.2) is 34.1 Å². The molecule has 0 radical (unpaired) electrons. The number of hydrogen-bond donors (Lipinski definition) is 1. The molecule has 1 heterocycles.